The van der Waals surface area contributed by atoms with Crippen LogP contribution in [-0.2, 0) is 25.8 Å². The maximum Gasteiger partial charge on any atom is 0.314 e. The lowest BCUT2D eigenvalue weighted by molar-refractivity contribution is -0.136. The van der Waals surface area contributed by atoms with Crippen molar-refractivity contribution in [3.63, 3.8) is 0 Å². The van der Waals surface area contributed by atoms with Gasteiger partial charge in [-0.1, -0.05) is 12.1 Å². The van der Waals surface area contributed by atoms with Crippen molar-refractivity contribution in [3.8, 4) is 5.69 Å². The number of aromatic nitrogens is 2. The molecule has 0 spiro atoms. The molecular weight excluding hydrogens is 364 g/mol. The Bertz CT molecular complexity index is 874. The summed E-state index contributed by atoms with van der Waals surface area (Å²) in [6, 6.07) is 7.90. The molecule has 27 heavy (non-hydrogen) atoms. The van der Waals surface area contributed by atoms with Gasteiger partial charge in [0.15, 0.2) is 0 Å². The molecule has 1 fully saturated rings. The van der Waals surface area contributed by atoms with Gasteiger partial charge in [0.1, 0.15) is 5.82 Å². The van der Waals surface area contributed by atoms with Gasteiger partial charge in [0, 0.05) is 30.2 Å². The molecular formula is C19H22N4O3S. The van der Waals surface area contributed by atoms with E-state index in [9.17, 15) is 9.59 Å². The Hall–Kier alpha value is -2.32. The van der Waals surface area contributed by atoms with E-state index in [1.807, 2.05) is 31.2 Å². The number of carbonyl (C=O) groups excluding carboxylic acids is 2. The van der Waals surface area contributed by atoms with Gasteiger partial charge in [-0.05, 0) is 37.5 Å². The highest BCUT2D eigenvalue weighted by Gasteiger charge is 2.27. The van der Waals surface area contributed by atoms with Crippen molar-refractivity contribution in [2.24, 2.45) is 0 Å². The van der Waals surface area contributed by atoms with Crippen molar-refractivity contribution in [1.29, 1.82) is 0 Å². The summed E-state index contributed by atoms with van der Waals surface area (Å²) in [6.45, 7) is 3.08. The highest BCUT2D eigenvalue weighted by Crippen LogP contribution is 2.36. The molecule has 0 bridgehead atoms. The molecule has 2 aromatic rings. The molecule has 2 aliphatic heterocycles. The van der Waals surface area contributed by atoms with Gasteiger partial charge >= 0.3 is 11.8 Å². The molecule has 2 amide bonds. The molecule has 2 N–H and O–H groups in total. The van der Waals surface area contributed by atoms with Crippen molar-refractivity contribution in [2.75, 3.05) is 18.5 Å². The number of nitrogens with zero attached hydrogens (tertiary/aromatic N) is 2. The summed E-state index contributed by atoms with van der Waals surface area (Å²) in [4.78, 5) is 24.7. The van der Waals surface area contributed by atoms with Crippen LogP contribution >= 0.6 is 11.8 Å². The second kappa shape index (κ2) is 7.74. The second-order valence-corrected chi connectivity index (χ2v) is 7.80. The zero-order valence-corrected chi connectivity index (χ0v) is 16.0. The number of carbonyl (C=O) groups is 2. The first kappa shape index (κ1) is 18.1. The van der Waals surface area contributed by atoms with Crippen LogP contribution < -0.4 is 10.6 Å². The highest BCUT2D eigenvalue weighted by molar-refractivity contribution is 7.98. The first-order valence-corrected chi connectivity index (χ1v) is 10.2. The second-order valence-electron chi connectivity index (χ2n) is 6.82. The molecule has 1 aromatic carbocycles. The third-order valence-electron chi connectivity index (χ3n) is 4.75. The molecule has 1 aromatic heterocycles. The molecule has 8 heteroatoms. The largest absolute Gasteiger partial charge is 0.376 e. The minimum absolute atomic E-state index is 0.000203. The summed E-state index contributed by atoms with van der Waals surface area (Å²) in [5.74, 6) is 0.831. The molecule has 7 nitrogen and oxygen atoms in total. The quantitative estimate of drug-likeness (QED) is 0.787. The molecule has 0 saturated carbocycles. The zero-order chi connectivity index (χ0) is 18.8. The van der Waals surface area contributed by atoms with Crippen LogP contribution in [-0.4, -0.2) is 40.9 Å². The van der Waals surface area contributed by atoms with E-state index in [1.54, 1.807) is 16.4 Å². The number of amides is 2. The predicted octanol–water partition coefficient (Wildman–Crippen LogP) is 2.16. The maximum atomic E-state index is 12.5. The molecule has 1 saturated heterocycles. The Morgan fingerprint density at radius 2 is 2.22 bits per heavy atom. The van der Waals surface area contributed by atoms with Gasteiger partial charge in [0.25, 0.3) is 0 Å². The number of anilines is 1. The van der Waals surface area contributed by atoms with E-state index in [0.29, 0.717) is 19.0 Å². The van der Waals surface area contributed by atoms with Gasteiger partial charge < -0.3 is 15.4 Å². The zero-order valence-electron chi connectivity index (χ0n) is 15.2. The van der Waals surface area contributed by atoms with E-state index >= 15 is 0 Å². The standard InChI is InChI=1S/C19H22N4O3S/c1-12-4-2-5-13(8-12)23-17(15-10-27-11-16(15)22-23)21-19(25)18(24)20-9-14-6-3-7-26-14/h2,4-5,8,14H,3,6-7,9-11H2,1H3,(H,20,24)(H,21,25)/t14-/m1/s1. The number of ether oxygens (including phenoxy) is 1. The normalized spacial score (nSPS) is 18.3. The van der Waals surface area contributed by atoms with Crippen molar-refractivity contribution in [2.45, 2.75) is 37.4 Å². The van der Waals surface area contributed by atoms with Crippen LogP contribution in [0.3, 0.4) is 0 Å². The van der Waals surface area contributed by atoms with Gasteiger partial charge in [-0.2, -0.15) is 16.9 Å². The summed E-state index contributed by atoms with van der Waals surface area (Å²) in [5.41, 5.74) is 3.91. The van der Waals surface area contributed by atoms with Crippen LogP contribution in [0.1, 0.15) is 29.7 Å². The molecule has 3 heterocycles. The minimum Gasteiger partial charge on any atom is -0.376 e. The SMILES string of the molecule is Cc1cccc(-n2nc3c(c2NC(=O)C(=O)NC[C@H]2CCCO2)CSC3)c1. The molecule has 142 valence electrons. The number of fused-ring (bicyclic) bond motifs is 1. The fraction of sp³-hybridized carbons (Fsp3) is 0.421. The van der Waals surface area contributed by atoms with E-state index in [0.717, 1.165) is 46.9 Å². The number of thioether (sulfide) groups is 1. The van der Waals surface area contributed by atoms with Crippen molar-refractivity contribution >= 4 is 29.4 Å². The Kier molecular flexibility index (Phi) is 5.18. The van der Waals surface area contributed by atoms with Crippen LogP contribution in [0.5, 0.6) is 0 Å². The third-order valence-corrected chi connectivity index (χ3v) is 5.72. The number of hydrogen-bond acceptors (Lipinski definition) is 5. The highest BCUT2D eigenvalue weighted by atomic mass is 32.2. The van der Waals surface area contributed by atoms with Crippen LogP contribution in [0.25, 0.3) is 5.69 Å². The van der Waals surface area contributed by atoms with E-state index < -0.39 is 11.8 Å². The van der Waals surface area contributed by atoms with Gasteiger partial charge in [-0.25, -0.2) is 4.68 Å². The fourth-order valence-electron chi connectivity index (χ4n) is 3.34. The molecule has 0 aliphatic carbocycles. The molecule has 4 rings (SSSR count). The summed E-state index contributed by atoms with van der Waals surface area (Å²) in [5, 5.41) is 10.1. The van der Waals surface area contributed by atoms with Crippen LogP contribution in [0.15, 0.2) is 24.3 Å². The summed E-state index contributed by atoms with van der Waals surface area (Å²) in [7, 11) is 0. The average molecular weight is 386 g/mol. The monoisotopic (exact) mass is 386 g/mol. The molecule has 0 unspecified atom stereocenters. The van der Waals surface area contributed by atoms with Gasteiger partial charge in [0.2, 0.25) is 0 Å². The fourth-order valence-corrected chi connectivity index (χ4v) is 4.38. The van der Waals surface area contributed by atoms with Crippen LogP contribution in [0, 0.1) is 6.92 Å². The minimum atomic E-state index is -0.679. The molecule has 2 aliphatic rings. The van der Waals surface area contributed by atoms with E-state index in [2.05, 4.69) is 15.7 Å². The Balaban J connectivity index is 1.52. The van der Waals surface area contributed by atoms with Gasteiger partial charge in [-0.3, -0.25) is 9.59 Å². The number of rotatable bonds is 4. The molecule has 0 radical (unpaired) electrons. The predicted molar refractivity (Wildman–Crippen MR) is 104 cm³/mol. The van der Waals surface area contributed by atoms with E-state index in [1.165, 1.54) is 0 Å². The number of benzene rings is 1. The van der Waals surface area contributed by atoms with Crippen LogP contribution in [0.2, 0.25) is 0 Å². The average Bonchev–Trinajstić information content (AvgIpc) is 3.38. The van der Waals surface area contributed by atoms with E-state index in [4.69, 9.17) is 4.74 Å². The Labute approximate surface area is 161 Å². The number of nitrogens with one attached hydrogen (secondary N) is 2. The van der Waals surface area contributed by atoms with Crippen LogP contribution in [0.4, 0.5) is 5.82 Å². The molecule has 1 atom stereocenters. The van der Waals surface area contributed by atoms with Crippen molar-refractivity contribution in [3.05, 3.63) is 41.1 Å². The van der Waals surface area contributed by atoms with Crippen molar-refractivity contribution in [1.82, 2.24) is 15.1 Å². The smallest absolute Gasteiger partial charge is 0.314 e. The lowest BCUT2D eigenvalue weighted by Crippen LogP contribution is -2.39. The van der Waals surface area contributed by atoms with Gasteiger partial charge in [-0.15, -0.1) is 0 Å². The summed E-state index contributed by atoms with van der Waals surface area (Å²) >= 11 is 1.75. The first-order valence-electron chi connectivity index (χ1n) is 9.08. The number of hydrogen-bond donors (Lipinski definition) is 2. The third kappa shape index (κ3) is 3.86. The maximum absolute atomic E-state index is 12.5. The summed E-state index contributed by atoms with van der Waals surface area (Å²) < 4.78 is 7.20. The van der Waals surface area contributed by atoms with E-state index in [-0.39, 0.29) is 6.10 Å². The first-order chi connectivity index (χ1) is 13.1. The lowest BCUT2D eigenvalue weighted by Gasteiger charge is -2.13. The Morgan fingerprint density at radius 3 is 3.00 bits per heavy atom. The number of aryl methyl sites for hydroxylation is 1. The van der Waals surface area contributed by atoms with Gasteiger partial charge in [0.05, 0.1) is 17.5 Å². The Morgan fingerprint density at radius 1 is 1.33 bits per heavy atom. The van der Waals surface area contributed by atoms with Crippen molar-refractivity contribution < 1.29 is 14.3 Å². The summed E-state index contributed by atoms with van der Waals surface area (Å²) in [6.07, 6.45) is 1.90. The lowest BCUT2D eigenvalue weighted by atomic mass is 10.2. The topological polar surface area (TPSA) is 85.2 Å².